The normalized spacial score (nSPS) is 18.7. The van der Waals surface area contributed by atoms with Crippen molar-refractivity contribution in [2.45, 2.75) is 67.1 Å². The van der Waals surface area contributed by atoms with E-state index in [1.807, 2.05) is 13.8 Å². The maximum absolute atomic E-state index is 12.1. The highest BCUT2D eigenvalue weighted by atomic mass is 32.2. The molecular weight excluding hydrogens is 799 g/mol. The minimum Gasteiger partial charge on any atom is -0.382 e. The van der Waals surface area contributed by atoms with Gasteiger partial charge in [0.2, 0.25) is 0 Å². The number of nitrogens with zero attached hydrogens (tertiary/aromatic N) is 1. The van der Waals surface area contributed by atoms with Gasteiger partial charge in [0.05, 0.1) is 34.5 Å². The van der Waals surface area contributed by atoms with Crippen LogP contribution < -0.4 is 4.90 Å². The van der Waals surface area contributed by atoms with E-state index in [1.165, 1.54) is 30.3 Å². The zero-order chi connectivity index (χ0) is 41.5. The number of hydrogen-bond donors (Lipinski definition) is 4. The van der Waals surface area contributed by atoms with Crippen LogP contribution in [0.3, 0.4) is 0 Å². The van der Waals surface area contributed by atoms with Crippen LogP contribution in [-0.2, 0) is 60.8 Å². The second-order valence-electron chi connectivity index (χ2n) is 13.6. The van der Waals surface area contributed by atoms with Crippen molar-refractivity contribution >= 4 is 46.2 Å². The van der Waals surface area contributed by atoms with Crippen molar-refractivity contribution in [1.82, 2.24) is 0 Å². The molecule has 0 spiro atoms. The molecule has 2 atom stereocenters. The summed E-state index contributed by atoms with van der Waals surface area (Å²) in [5.41, 5.74) is 1.34. The predicted octanol–water partition coefficient (Wildman–Crippen LogP) is 5.08. The maximum Gasteiger partial charge on any atom is 0.294 e. The van der Waals surface area contributed by atoms with Gasteiger partial charge in [-0.25, -0.2) is 0 Å². The smallest absolute Gasteiger partial charge is 0.294 e. The van der Waals surface area contributed by atoms with Gasteiger partial charge in [0.25, 0.3) is 40.5 Å². The molecule has 1 aliphatic heterocycles. The van der Waals surface area contributed by atoms with Crippen molar-refractivity contribution in [3.63, 3.8) is 0 Å². The standard InChI is InChI=1S/C36H49NO14S4/c1-27-13-14-29(54(44,45)46)25-31(27)35(3,18-20-51-22-21-50-5)28(2)11-7-6-8-12-34-36(4,17-9-23-52(38,39)40)32-26-30(55(47,48)49)15-16-33(32)37(34)19-10-24-53(41,42)43/h6-8,11-16,25-26H,2,9-10,17-24H2,1,3-5H3,(H,38,39,40)(H,41,42,43)(H,44,45,46)(H,47,48,49)/b8-6+,11-7+,34-12+. The minimum atomic E-state index is -4.65. The van der Waals surface area contributed by atoms with E-state index in [2.05, 4.69) is 6.58 Å². The number of benzene rings is 2. The molecule has 0 amide bonds. The van der Waals surface area contributed by atoms with Crippen molar-refractivity contribution in [2.75, 3.05) is 49.9 Å². The third-order valence-corrected chi connectivity index (χ3v) is 12.9. The Balaban J connectivity index is 2.08. The largest absolute Gasteiger partial charge is 0.382 e. The summed E-state index contributed by atoms with van der Waals surface area (Å²) in [5.74, 6) is -1.16. The van der Waals surface area contributed by atoms with Crippen LogP contribution >= 0.6 is 0 Å². The molecule has 1 aliphatic rings. The highest BCUT2D eigenvalue weighted by molar-refractivity contribution is 7.86. The van der Waals surface area contributed by atoms with Gasteiger partial charge < -0.3 is 14.4 Å². The molecule has 0 saturated carbocycles. The lowest BCUT2D eigenvalue weighted by Crippen LogP contribution is -2.30. The second-order valence-corrected chi connectivity index (χ2v) is 19.6. The van der Waals surface area contributed by atoms with Crippen LogP contribution in [0.15, 0.2) is 94.4 Å². The molecule has 0 fully saturated rings. The first kappa shape index (κ1) is 46.1. The zero-order valence-corrected chi connectivity index (χ0v) is 34.3. The maximum atomic E-state index is 12.1. The number of anilines is 1. The molecule has 55 heavy (non-hydrogen) atoms. The van der Waals surface area contributed by atoms with E-state index in [9.17, 15) is 51.9 Å². The fraction of sp³-hybridized carbons (Fsp3) is 0.444. The van der Waals surface area contributed by atoms with E-state index >= 15 is 0 Å². The first-order chi connectivity index (χ1) is 25.3. The number of rotatable bonds is 21. The summed E-state index contributed by atoms with van der Waals surface area (Å²) < 4.78 is 144. The lowest BCUT2D eigenvalue weighted by molar-refractivity contribution is 0.0639. The van der Waals surface area contributed by atoms with Gasteiger partial charge >= 0.3 is 0 Å². The highest BCUT2D eigenvalue weighted by Gasteiger charge is 2.44. The Bertz CT molecular complexity index is 2260. The van der Waals surface area contributed by atoms with Gasteiger partial charge in [0.15, 0.2) is 0 Å². The first-order valence-corrected chi connectivity index (χ1v) is 23.1. The monoisotopic (exact) mass is 847 g/mol. The number of hydrogen-bond acceptors (Lipinski definition) is 11. The molecule has 19 heteroatoms. The van der Waals surface area contributed by atoms with Gasteiger partial charge in [-0.3, -0.25) is 18.2 Å². The third-order valence-electron chi connectivity index (χ3n) is 9.63. The Morgan fingerprint density at radius 2 is 1.44 bits per heavy atom. The van der Waals surface area contributed by atoms with Crippen molar-refractivity contribution in [3.8, 4) is 0 Å². The van der Waals surface area contributed by atoms with Crippen LogP contribution in [0.1, 0.15) is 56.2 Å². The molecular formula is C36H49NO14S4. The van der Waals surface area contributed by atoms with Gasteiger partial charge in [0, 0.05) is 42.5 Å². The van der Waals surface area contributed by atoms with Gasteiger partial charge in [-0.1, -0.05) is 43.9 Å². The van der Waals surface area contributed by atoms with Crippen molar-refractivity contribution in [2.24, 2.45) is 0 Å². The fourth-order valence-electron chi connectivity index (χ4n) is 6.62. The van der Waals surface area contributed by atoms with Gasteiger partial charge in [-0.05, 0) is 98.2 Å². The first-order valence-electron chi connectivity index (χ1n) is 17.0. The molecule has 3 rings (SSSR count). The summed E-state index contributed by atoms with van der Waals surface area (Å²) in [6, 6.07) is 8.21. The van der Waals surface area contributed by atoms with Crippen molar-refractivity contribution in [3.05, 3.63) is 101 Å². The molecule has 2 unspecified atom stereocenters. The molecule has 0 aliphatic carbocycles. The number of fused-ring (bicyclic) bond motifs is 1. The van der Waals surface area contributed by atoms with Crippen molar-refractivity contribution in [1.29, 1.82) is 0 Å². The molecule has 1 heterocycles. The zero-order valence-electron chi connectivity index (χ0n) is 31.1. The second kappa shape index (κ2) is 18.4. The Morgan fingerprint density at radius 3 is 2.04 bits per heavy atom. The Hall–Kier alpha value is -3.24. The van der Waals surface area contributed by atoms with Gasteiger partial charge in [0.1, 0.15) is 0 Å². The van der Waals surface area contributed by atoms with Gasteiger partial charge in [-0.15, -0.1) is 0 Å². The SMILES string of the molecule is C=C(/C=C/C=C/C=C1/N(CCCS(=O)(=O)O)c2ccc(S(=O)(=O)O)cc2C1(C)CCCS(=O)(=O)O)C(C)(CCOCCOC)c1cc(S(=O)(=O)O)ccc1C. The Morgan fingerprint density at radius 1 is 0.836 bits per heavy atom. The summed E-state index contributed by atoms with van der Waals surface area (Å²) in [7, 11) is -16.3. The molecule has 2 aromatic rings. The summed E-state index contributed by atoms with van der Waals surface area (Å²) in [4.78, 5) is 1.04. The molecule has 306 valence electrons. The number of ether oxygens (including phenoxy) is 2. The molecule has 0 radical (unpaired) electrons. The Labute approximate surface area is 324 Å². The lowest BCUT2D eigenvalue weighted by atomic mass is 9.72. The number of aryl methyl sites for hydroxylation is 1. The predicted molar refractivity (Wildman–Crippen MR) is 209 cm³/mol. The molecule has 15 nitrogen and oxygen atoms in total. The average molecular weight is 848 g/mol. The van der Waals surface area contributed by atoms with E-state index in [0.29, 0.717) is 47.7 Å². The molecule has 0 saturated heterocycles. The van der Waals surface area contributed by atoms with Crippen LogP contribution in [0.2, 0.25) is 0 Å². The summed E-state index contributed by atoms with van der Waals surface area (Å²) in [6.07, 6.45) is 8.79. The van der Waals surface area contributed by atoms with E-state index in [-0.39, 0.29) is 37.3 Å². The number of allylic oxidation sites excluding steroid dienone is 7. The van der Waals surface area contributed by atoms with Crippen LogP contribution in [0.5, 0.6) is 0 Å². The summed E-state index contributed by atoms with van der Waals surface area (Å²) >= 11 is 0. The van der Waals surface area contributed by atoms with E-state index in [1.54, 1.807) is 55.4 Å². The molecule has 2 aromatic carbocycles. The summed E-state index contributed by atoms with van der Waals surface area (Å²) in [5, 5.41) is 0. The minimum absolute atomic E-state index is 0.0355. The van der Waals surface area contributed by atoms with Gasteiger partial charge in [-0.2, -0.15) is 33.7 Å². The molecule has 4 N–H and O–H groups in total. The third kappa shape index (κ3) is 12.6. The molecule has 0 aromatic heterocycles. The van der Waals surface area contributed by atoms with Crippen LogP contribution in [0, 0.1) is 6.92 Å². The fourth-order valence-corrected chi connectivity index (χ4v) is 8.64. The van der Waals surface area contributed by atoms with E-state index in [4.69, 9.17) is 9.47 Å². The highest BCUT2D eigenvalue weighted by Crippen LogP contribution is 2.51. The van der Waals surface area contributed by atoms with Crippen LogP contribution in [0.4, 0.5) is 5.69 Å². The van der Waals surface area contributed by atoms with Crippen LogP contribution in [0.25, 0.3) is 0 Å². The molecule has 0 bridgehead atoms. The Kier molecular flexibility index (Phi) is 15.4. The lowest BCUT2D eigenvalue weighted by Gasteiger charge is -2.33. The number of methoxy groups -OCH3 is 1. The van der Waals surface area contributed by atoms with E-state index in [0.717, 1.165) is 5.56 Å². The quantitative estimate of drug-likeness (QED) is 0.0728. The topological polar surface area (TPSA) is 239 Å². The van der Waals surface area contributed by atoms with Crippen LogP contribution in [-0.4, -0.2) is 96.9 Å². The average Bonchev–Trinajstić information content (AvgIpc) is 3.28. The van der Waals surface area contributed by atoms with Crippen molar-refractivity contribution < 1.29 is 61.4 Å². The van der Waals surface area contributed by atoms with E-state index < -0.39 is 67.7 Å². The summed E-state index contributed by atoms with van der Waals surface area (Å²) in [6.45, 7) is 10.7.